The summed E-state index contributed by atoms with van der Waals surface area (Å²) in [4.78, 5) is 29.0. The Bertz CT molecular complexity index is 1330. The standard InChI is InChI=1S/C29H32N4O2/c1-20(2)27(21(3)13-22(4)30)18-32-29(35)26-15-25(16-31-17-26)14-23-8-10-24(11-9-23)19-33-12-6-5-7-28(33)34/h5-13,15-17H,1,14,18-19,30H2,2-4H3,(H,32,35)/b22-13+,27-21-. The highest BCUT2D eigenvalue weighted by molar-refractivity contribution is 5.94. The van der Waals surface area contributed by atoms with Crippen LogP contribution >= 0.6 is 0 Å². The first-order valence-electron chi connectivity index (χ1n) is 11.5. The quantitative estimate of drug-likeness (QED) is 0.457. The third-order valence-electron chi connectivity index (χ3n) is 5.60. The Kier molecular flexibility index (Phi) is 8.57. The Morgan fingerprint density at radius 1 is 1.06 bits per heavy atom. The van der Waals surface area contributed by atoms with Crippen LogP contribution in [0, 0.1) is 0 Å². The third kappa shape index (κ3) is 7.40. The maximum atomic E-state index is 12.8. The fraction of sp³-hybridized carbons (Fsp3) is 0.207. The average Bonchev–Trinajstić information content (AvgIpc) is 2.81. The van der Waals surface area contributed by atoms with Gasteiger partial charge in [0.05, 0.1) is 12.1 Å². The van der Waals surface area contributed by atoms with Crippen LogP contribution in [-0.2, 0) is 13.0 Å². The number of pyridine rings is 2. The first-order valence-corrected chi connectivity index (χ1v) is 11.5. The van der Waals surface area contributed by atoms with Crippen LogP contribution in [0.2, 0.25) is 0 Å². The molecule has 6 nitrogen and oxygen atoms in total. The van der Waals surface area contributed by atoms with Crippen LogP contribution in [0.25, 0.3) is 0 Å². The van der Waals surface area contributed by atoms with Crippen LogP contribution in [0.15, 0.2) is 107 Å². The van der Waals surface area contributed by atoms with Crippen LogP contribution in [0.5, 0.6) is 0 Å². The molecule has 6 heteroatoms. The minimum absolute atomic E-state index is 0.0234. The number of nitrogens with zero attached hydrogens (tertiary/aromatic N) is 2. The molecule has 2 heterocycles. The van der Waals surface area contributed by atoms with E-state index in [0.29, 0.717) is 30.8 Å². The topological polar surface area (TPSA) is 90.0 Å². The van der Waals surface area contributed by atoms with Crippen molar-refractivity contribution in [1.82, 2.24) is 14.9 Å². The molecule has 0 aliphatic rings. The largest absolute Gasteiger partial charge is 0.402 e. The Morgan fingerprint density at radius 2 is 1.77 bits per heavy atom. The van der Waals surface area contributed by atoms with Gasteiger partial charge in [-0.05, 0) is 73.2 Å². The van der Waals surface area contributed by atoms with Crippen molar-refractivity contribution in [2.45, 2.75) is 33.7 Å². The summed E-state index contributed by atoms with van der Waals surface area (Å²) in [5.74, 6) is -0.192. The maximum absolute atomic E-state index is 12.8. The second-order valence-electron chi connectivity index (χ2n) is 8.75. The van der Waals surface area contributed by atoms with Gasteiger partial charge in [-0.2, -0.15) is 0 Å². The van der Waals surface area contributed by atoms with E-state index in [0.717, 1.165) is 33.4 Å². The highest BCUT2D eigenvalue weighted by Crippen LogP contribution is 2.15. The molecule has 0 atom stereocenters. The molecule has 0 aliphatic heterocycles. The number of benzene rings is 1. The van der Waals surface area contributed by atoms with E-state index in [1.807, 2.05) is 63.2 Å². The van der Waals surface area contributed by atoms with Crippen molar-refractivity contribution in [1.29, 1.82) is 0 Å². The van der Waals surface area contributed by atoms with Gasteiger partial charge in [-0.1, -0.05) is 42.5 Å². The summed E-state index contributed by atoms with van der Waals surface area (Å²) < 4.78 is 1.67. The minimum Gasteiger partial charge on any atom is -0.402 e. The number of aromatic nitrogens is 2. The fourth-order valence-electron chi connectivity index (χ4n) is 3.82. The van der Waals surface area contributed by atoms with Crippen molar-refractivity contribution >= 4 is 5.91 Å². The number of nitrogens with one attached hydrogen (secondary N) is 1. The predicted octanol–water partition coefficient (Wildman–Crippen LogP) is 4.37. The van der Waals surface area contributed by atoms with E-state index in [9.17, 15) is 9.59 Å². The molecule has 35 heavy (non-hydrogen) atoms. The Hall–Kier alpha value is -4.19. The molecule has 0 fully saturated rings. The lowest BCUT2D eigenvalue weighted by atomic mass is 10.0. The third-order valence-corrected chi connectivity index (χ3v) is 5.60. The minimum atomic E-state index is -0.192. The van der Waals surface area contributed by atoms with Gasteiger partial charge >= 0.3 is 0 Å². The second kappa shape index (κ2) is 11.8. The van der Waals surface area contributed by atoms with E-state index in [1.165, 1.54) is 0 Å². The fourth-order valence-corrected chi connectivity index (χ4v) is 3.82. The van der Waals surface area contributed by atoms with E-state index >= 15 is 0 Å². The Morgan fingerprint density at radius 3 is 2.43 bits per heavy atom. The first kappa shape index (κ1) is 25.4. The van der Waals surface area contributed by atoms with Crippen molar-refractivity contribution in [2.75, 3.05) is 6.54 Å². The zero-order valence-electron chi connectivity index (χ0n) is 20.5. The molecule has 1 aromatic carbocycles. The van der Waals surface area contributed by atoms with Crippen molar-refractivity contribution in [3.63, 3.8) is 0 Å². The summed E-state index contributed by atoms with van der Waals surface area (Å²) in [6, 6.07) is 15.1. The Balaban J connectivity index is 1.66. The zero-order chi connectivity index (χ0) is 25.4. The van der Waals surface area contributed by atoms with E-state index < -0.39 is 0 Å². The van der Waals surface area contributed by atoms with Crippen LogP contribution in [0.1, 0.15) is 47.8 Å². The molecule has 0 radical (unpaired) electrons. The molecule has 0 saturated carbocycles. The summed E-state index contributed by atoms with van der Waals surface area (Å²) in [5, 5.41) is 2.97. The van der Waals surface area contributed by atoms with E-state index in [-0.39, 0.29) is 11.5 Å². The Labute approximate surface area is 206 Å². The van der Waals surface area contributed by atoms with Crippen LogP contribution < -0.4 is 16.6 Å². The van der Waals surface area contributed by atoms with Crippen LogP contribution in [0.3, 0.4) is 0 Å². The summed E-state index contributed by atoms with van der Waals surface area (Å²) in [6.45, 7) is 10.6. The SMILES string of the molecule is C=C(C)/C(CNC(=O)c1cncc(Cc2ccc(Cn3ccccc3=O)cc2)c1)=C(C)\C=C(/C)N. The average molecular weight is 469 g/mol. The molecule has 0 unspecified atom stereocenters. The number of carbonyl (C=O) groups excluding carboxylic acids is 1. The van der Waals surface area contributed by atoms with E-state index in [4.69, 9.17) is 5.73 Å². The van der Waals surface area contributed by atoms with E-state index in [1.54, 1.807) is 35.3 Å². The van der Waals surface area contributed by atoms with Gasteiger partial charge in [0.2, 0.25) is 0 Å². The lowest BCUT2D eigenvalue weighted by Crippen LogP contribution is -2.26. The molecule has 1 amide bonds. The smallest absolute Gasteiger partial charge is 0.253 e. The molecule has 0 saturated heterocycles. The molecular formula is C29H32N4O2. The molecule has 3 N–H and O–H groups in total. The summed E-state index contributed by atoms with van der Waals surface area (Å²) >= 11 is 0. The van der Waals surface area contributed by atoms with Crippen molar-refractivity contribution in [3.8, 4) is 0 Å². The summed E-state index contributed by atoms with van der Waals surface area (Å²) in [7, 11) is 0. The number of hydrogen-bond donors (Lipinski definition) is 2. The summed E-state index contributed by atoms with van der Waals surface area (Å²) in [5.41, 5.74) is 12.9. The molecule has 3 aromatic rings. The van der Waals surface area contributed by atoms with Gasteiger partial charge in [0, 0.05) is 36.9 Å². The van der Waals surface area contributed by atoms with Gasteiger partial charge in [0.25, 0.3) is 11.5 Å². The monoisotopic (exact) mass is 468 g/mol. The second-order valence-corrected chi connectivity index (χ2v) is 8.75. The first-order chi connectivity index (χ1) is 16.7. The lowest BCUT2D eigenvalue weighted by Gasteiger charge is -2.12. The number of carbonyl (C=O) groups is 1. The molecule has 2 aromatic heterocycles. The molecule has 3 rings (SSSR count). The van der Waals surface area contributed by atoms with Crippen molar-refractivity contribution in [3.05, 3.63) is 135 Å². The van der Waals surface area contributed by atoms with Crippen molar-refractivity contribution < 1.29 is 4.79 Å². The number of nitrogens with two attached hydrogens (primary N) is 1. The highest BCUT2D eigenvalue weighted by Gasteiger charge is 2.10. The number of hydrogen-bond acceptors (Lipinski definition) is 4. The van der Waals surface area contributed by atoms with Crippen LogP contribution in [-0.4, -0.2) is 22.0 Å². The predicted molar refractivity (Wildman–Crippen MR) is 141 cm³/mol. The normalized spacial score (nSPS) is 12.1. The van der Waals surface area contributed by atoms with Crippen LogP contribution in [0.4, 0.5) is 0 Å². The summed E-state index contributed by atoms with van der Waals surface area (Å²) in [6.07, 6.45) is 7.65. The highest BCUT2D eigenvalue weighted by atomic mass is 16.1. The van der Waals surface area contributed by atoms with Gasteiger partial charge in [-0.25, -0.2) is 0 Å². The van der Waals surface area contributed by atoms with Crippen molar-refractivity contribution in [2.24, 2.45) is 5.73 Å². The number of rotatable bonds is 9. The molecule has 0 spiro atoms. The van der Waals surface area contributed by atoms with Gasteiger partial charge in [-0.3, -0.25) is 14.6 Å². The molecular weight excluding hydrogens is 436 g/mol. The van der Waals surface area contributed by atoms with E-state index in [2.05, 4.69) is 16.9 Å². The maximum Gasteiger partial charge on any atom is 0.253 e. The molecule has 180 valence electrons. The van der Waals surface area contributed by atoms with Gasteiger partial charge in [0.15, 0.2) is 0 Å². The van der Waals surface area contributed by atoms with Gasteiger partial charge in [0.1, 0.15) is 0 Å². The lowest BCUT2D eigenvalue weighted by molar-refractivity contribution is 0.0956. The van der Waals surface area contributed by atoms with Gasteiger partial charge < -0.3 is 15.6 Å². The van der Waals surface area contributed by atoms with Gasteiger partial charge in [-0.15, -0.1) is 0 Å². The number of amides is 1. The molecule has 0 bridgehead atoms. The molecule has 0 aliphatic carbocycles. The zero-order valence-corrected chi connectivity index (χ0v) is 20.5. The number of allylic oxidation sites excluding steroid dienone is 3.